The van der Waals surface area contributed by atoms with E-state index in [1.165, 1.54) is 11.3 Å². The van der Waals surface area contributed by atoms with Crippen LogP contribution in [0.25, 0.3) is 0 Å². The second kappa shape index (κ2) is 9.40. The second-order valence-electron chi connectivity index (χ2n) is 6.30. The Kier molecular flexibility index (Phi) is 6.93. The first kappa shape index (κ1) is 20.6. The van der Waals surface area contributed by atoms with Gasteiger partial charge in [0.2, 0.25) is 0 Å². The molecule has 28 heavy (non-hydrogen) atoms. The van der Waals surface area contributed by atoms with E-state index in [1.807, 2.05) is 13.0 Å². The van der Waals surface area contributed by atoms with Gasteiger partial charge >= 0.3 is 6.03 Å². The van der Waals surface area contributed by atoms with Gasteiger partial charge in [0.1, 0.15) is 0 Å². The third-order valence-electron chi connectivity index (χ3n) is 4.44. The molecular formula is C18H24ClN5O3S. The SMILES string of the molecule is CCOCCN(C)C(=O)Nc1nc2c(s1)CN(c1cnc(Cl)c(OC)c1)CC2. The van der Waals surface area contributed by atoms with Crippen molar-refractivity contribution in [3.63, 3.8) is 0 Å². The predicted molar refractivity (Wildman–Crippen MR) is 111 cm³/mol. The van der Waals surface area contributed by atoms with Crippen LogP contribution in [0.2, 0.25) is 5.15 Å². The molecular weight excluding hydrogens is 402 g/mol. The lowest BCUT2D eigenvalue weighted by molar-refractivity contribution is 0.128. The van der Waals surface area contributed by atoms with Crippen molar-refractivity contribution in [1.82, 2.24) is 14.9 Å². The molecule has 0 bridgehead atoms. The van der Waals surface area contributed by atoms with Crippen molar-refractivity contribution in [2.75, 3.05) is 50.7 Å². The maximum atomic E-state index is 12.3. The quantitative estimate of drug-likeness (QED) is 0.541. The standard InChI is InChI=1S/C18H24ClN5O3S/c1-4-27-8-7-23(2)18(25)22-17-21-13-5-6-24(11-15(13)28-17)12-9-14(26-3)16(19)20-10-12/h9-10H,4-8,11H2,1-3H3,(H,21,22,25). The first-order valence-electron chi connectivity index (χ1n) is 9.04. The molecule has 0 spiro atoms. The number of likely N-dealkylation sites (N-methyl/N-ethyl adjacent to an activating group) is 1. The number of nitrogens with zero attached hydrogens (tertiary/aromatic N) is 4. The Hall–Kier alpha value is -2.10. The minimum Gasteiger partial charge on any atom is -0.493 e. The number of nitrogens with one attached hydrogen (secondary N) is 1. The number of amides is 2. The summed E-state index contributed by atoms with van der Waals surface area (Å²) in [5, 5.41) is 3.84. The summed E-state index contributed by atoms with van der Waals surface area (Å²) in [4.78, 5) is 26.0. The smallest absolute Gasteiger partial charge is 0.323 e. The summed E-state index contributed by atoms with van der Waals surface area (Å²) in [6.07, 6.45) is 2.54. The fourth-order valence-electron chi connectivity index (χ4n) is 2.84. The molecule has 0 atom stereocenters. The van der Waals surface area contributed by atoms with Crippen LogP contribution in [-0.2, 0) is 17.7 Å². The Morgan fingerprint density at radius 3 is 3.07 bits per heavy atom. The summed E-state index contributed by atoms with van der Waals surface area (Å²) in [5.74, 6) is 0.553. The number of rotatable bonds is 7. The molecule has 2 aromatic rings. The zero-order valence-corrected chi connectivity index (χ0v) is 17.8. The number of pyridine rings is 1. The van der Waals surface area contributed by atoms with Gasteiger partial charge in [0.15, 0.2) is 16.0 Å². The van der Waals surface area contributed by atoms with Crippen molar-refractivity contribution in [3.05, 3.63) is 28.0 Å². The normalized spacial score (nSPS) is 13.2. The monoisotopic (exact) mass is 425 g/mol. The fraction of sp³-hybridized carbons (Fsp3) is 0.500. The number of urea groups is 1. The highest BCUT2D eigenvalue weighted by Gasteiger charge is 2.23. The minimum atomic E-state index is -0.186. The highest BCUT2D eigenvalue weighted by molar-refractivity contribution is 7.15. The van der Waals surface area contributed by atoms with Gasteiger partial charge in [-0.15, -0.1) is 0 Å². The van der Waals surface area contributed by atoms with E-state index in [9.17, 15) is 4.79 Å². The van der Waals surface area contributed by atoms with Crippen LogP contribution in [-0.4, -0.2) is 61.4 Å². The van der Waals surface area contributed by atoms with Gasteiger partial charge in [-0.25, -0.2) is 14.8 Å². The molecule has 1 aliphatic heterocycles. The summed E-state index contributed by atoms with van der Waals surface area (Å²) in [5.41, 5.74) is 1.98. The molecule has 0 aromatic carbocycles. The van der Waals surface area contributed by atoms with E-state index in [-0.39, 0.29) is 6.03 Å². The Morgan fingerprint density at radius 1 is 1.50 bits per heavy atom. The van der Waals surface area contributed by atoms with Gasteiger partial charge in [-0.05, 0) is 6.92 Å². The average Bonchev–Trinajstić information content (AvgIpc) is 3.09. The van der Waals surface area contributed by atoms with Crippen LogP contribution in [0.4, 0.5) is 15.6 Å². The molecule has 8 nitrogen and oxygen atoms in total. The zero-order chi connectivity index (χ0) is 20.1. The van der Waals surface area contributed by atoms with Crippen LogP contribution in [0.5, 0.6) is 5.75 Å². The van der Waals surface area contributed by atoms with Crippen molar-refractivity contribution in [2.45, 2.75) is 19.9 Å². The van der Waals surface area contributed by atoms with Gasteiger partial charge in [-0.1, -0.05) is 22.9 Å². The molecule has 1 aliphatic rings. The van der Waals surface area contributed by atoms with Gasteiger partial charge < -0.3 is 19.3 Å². The van der Waals surface area contributed by atoms with Crippen LogP contribution < -0.4 is 15.0 Å². The maximum Gasteiger partial charge on any atom is 0.323 e. The number of halogens is 1. The lowest BCUT2D eigenvalue weighted by Crippen LogP contribution is -2.34. The number of methoxy groups -OCH3 is 1. The predicted octanol–water partition coefficient (Wildman–Crippen LogP) is 3.26. The Morgan fingerprint density at radius 2 is 2.32 bits per heavy atom. The van der Waals surface area contributed by atoms with Crippen molar-refractivity contribution >= 4 is 39.8 Å². The summed E-state index contributed by atoms with van der Waals surface area (Å²) in [6, 6.07) is 1.70. The molecule has 0 fully saturated rings. The highest BCUT2D eigenvalue weighted by Crippen LogP contribution is 2.33. The van der Waals surface area contributed by atoms with Crippen LogP contribution in [0, 0.1) is 0 Å². The minimum absolute atomic E-state index is 0.186. The summed E-state index contributed by atoms with van der Waals surface area (Å²) in [6.45, 7) is 5.13. The number of thiazole rings is 1. The number of hydrogen-bond donors (Lipinski definition) is 1. The molecule has 152 valence electrons. The van der Waals surface area contributed by atoms with Gasteiger partial charge in [-0.2, -0.15) is 0 Å². The number of fused-ring (bicyclic) bond motifs is 1. The van der Waals surface area contributed by atoms with Gasteiger partial charge in [-0.3, -0.25) is 5.32 Å². The summed E-state index contributed by atoms with van der Waals surface area (Å²) >= 11 is 7.52. The van der Waals surface area contributed by atoms with E-state index in [1.54, 1.807) is 25.3 Å². The van der Waals surface area contributed by atoms with Gasteiger partial charge in [0, 0.05) is 44.1 Å². The molecule has 3 heterocycles. The van der Waals surface area contributed by atoms with E-state index in [0.717, 1.165) is 29.2 Å². The lowest BCUT2D eigenvalue weighted by atomic mass is 10.1. The van der Waals surface area contributed by atoms with Crippen LogP contribution in [0.3, 0.4) is 0 Å². The Bertz CT molecular complexity index is 832. The molecule has 0 radical (unpaired) electrons. The molecule has 3 rings (SSSR count). The van der Waals surface area contributed by atoms with Crippen LogP contribution in [0.1, 0.15) is 17.5 Å². The number of aromatic nitrogens is 2. The van der Waals surface area contributed by atoms with E-state index < -0.39 is 0 Å². The topological polar surface area (TPSA) is 79.8 Å². The van der Waals surface area contributed by atoms with Crippen LogP contribution >= 0.6 is 22.9 Å². The fourth-order valence-corrected chi connectivity index (χ4v) is 4.03. The number of ether oxygens (including phenoxy) is 2. The molecule has 0 saturated carbocycles. The van der Waals surface area contributed by atoms with Crippen molar-refractivity contribution in [1.29, 1.82) is 0 Å². The number of hydrogen-bond acceptors (Lipinski definition) is 7. The lowest BCUT2D eigenvalue weighted by Gasteiger charge is -2.28. The van der Waals surface area contributed by atoms with Crippen LogP contribution in [0.15, 0.2) is 12.3 Å². The van der Waals surface area contributed by atoms with Gasteiger partial charge in [0.25, 0.3) is 0 Å². The molecule has 0 saturated heterocycles. The first-order valence-corrected chi connectivity index (χ1v) is 10.2. The molecule has 10 heteroatoms. The third kappa shape index (κ3) is 4.84. The van der Waals surface area contributed by atoms with Crippen molar-refractivity contribution in [3.8, 4) is 5.75 Å². The molecule has 0 unspecified atom stereocenters. The number of carbonyl (C=O) groups excluding carboxylic acids is 1. The first-order chi connectivity index (χ1) is 13.5. The second-order valence-corrected chi connectivity index (χ2v) is 7.74. The van der Waals surface area contributed by atoms with Gasteiger partial charge in [0.05, 0.1) is 37.8 Å². The average molecular weight is 426 g/mol. The van der Waals surface area contributed by atoms with Crippen molar-refractivity contribution in [2.24, 2.45) is 0 Å². The van der Waals surface area contributed by atoms with E-state index in [0.29, 0.717) is 42.3 Å². The summed E-state index contributed by atoms with van der Waals surface area (Å²) < 4.78 is 10.5. The molecule has 2 amide bonds. The number of carbonyl (C=O) groups is 1. The Labute approximate surface area is 173 Å². The highest BCUT2D eigenvalue weighted by atomic mass is 35.5. The summed E-state index contributed by atoms with van der Waals surface area (Å²) in [7, 11) is 3.31. The van der Waals surface area contributed by atoms with E-state index >= 15 is 0 Å². The Balaban J connectivity index is 1.64. The maximum absolute atomic E-state index is 12.3. The largest absolute Gasteiger partial charge is 0.493 e. The molecule has 1 N–H and O–H groups in total. The van der Waals surface area contributed by atoms with E-state index in [2.05, 4.69) is 20.2 Å². The zero-order valence-electron chi connectivity index (χ0n) is 16.2. The molecule has 2 aromatic heterocycles. The number of anilines is 2. The van der Waals surface area contributed by atoms with Crippen molar-refractivity contribution < 1.29 is 14.3 Å². The van der Waals surface area contributed by atoms with E-state index in [4.69, 9.17) is 21.1 Å². The molecule has 0 aliphatic carbocycles. The third-order valence-corrected chi connectivity index (χ3v) is 5.73.